The summed E-state index contributed by atoms with van der Waals surface area (Å²) in [6.07, 6.45) is 5.58. The molecule has 3 rings (SSSR count). The van der Waals surface area contributed by atoms with Gasteiger partial charge < -0.3 is 4.74 Å². The molecule has 1 fully saturated rings. The van der Waals surface area contributed by atoms with E-state index in [-0.39, 0.29) is 11.7 Å². The molecular formula is C15H16Cl2O2. The van der Waals surface area contributed by atoms with Gasteiger partial charge >= 0.3 is 0 Å². The quantitative estimate of drug-likeness (QED) is 0.801. The van der Waals surface area contributed by atoms with Crippen molar-refractivity contribution in [2.45, 2.75) is 32.1 Å². The van der Waals surface area contributed by atoms with E-state index in [4.69, 9.17) is 27.9 Å². The minimum absolute atomic E-state index is 0.0955. The van der Waals surface area contributed by atoms with E-state index in [1.54, 1.807) is 7.11 Å². The van der Waals surface area contributed by atoms with E-state index >= 15 is 0 Å². The molecule has 0 radical (unpaired) electrons. The molecular weight excluding hydrogens is 283 g/mol. The van der Waals surface area contributed by atoms with Gasteiger partial charge in [-0.1, -0.05) is 36.0 Å². The number of benzene rings is 1. The Balaban J connectivity index is 2.00. The molecule has 0 unspecified atom stereocenters. The van der Waals surface area contributed by atoms with Crippen LogP contribution in [-0.4, -0.2) is 12.9 Å². The van der Waals surface area contributed by atoms with Gasteiger partial charge in [0.05, 0.1) is 12.1 Å². The van der Waals surface area contributed by atoms with Crippen LogP contribution in [-0.2, 0) is 6.42 Å². The molecule has 2 aliphatic rings. The predicted molar refractivity (Wildman–Crippen MR) is 76.5 cm³/mol. The number of halogens is 2. The average Bonchev–Trinajstić information content (AvgIpc) is 3.01. The highest BCUT2D eigenvalue weighted by Gasteiger charge is 2.39. The summed E-state index contributed by atoms with van der Waals surface area (Å²) in [4.78, 5) is 12.6. The molecule has 2 nitrogen and oxygen atoms in total. The zero-order valence-corrected chi connectivity index (χ0v) is 12.4. The van der Waals surface area contributed by atoms with E-state index in [1.807, 2.05) is 6.07 Å². The summed E-state index contributed by atoms with van der Waals surface area (Å²) >= 11 is 12.4. The van der Waals surface area contributed by atoms with E-state index < -0.39 is 0 Å². The SMILES string of the molecule is COc1cc2c(c(Cl)c1Cl)C(=O)[C@@H](C1CCCC1)C2. The first-order valence-corrected chi connectivity index (χ1v) is 7.48. The summed E-state index contributed by atoms with van der Waals surface area (Å²) in [7, 11) is 1.56. The summed E-state index contributed by atoms with van der Waals surface area (Å²) in [6.45, 7) is 0. The van der Waals surface area contributed by atoms with E-state index in [2.05, 4.69) is 0 Å². The number of ether oxygens (including phenoxy) is 1. The van der Waals surface area contributed by atoms with Crippen LogP contribution in [0.5, 0.6) is 5.75 Å². The predicted octanol–water partition coefficient (Wildman–Crippen LogP) is 4.55. The minimum atomic E-state index is 0.0955. The number of methoxy groups -OCH3 is 1. The van der Waals surface area contributed by atoms with Crippen molar-refractivity contribution in [2.75, 3.05) is 7.11 Å². The van der Waals surface area contributed by atoms with Gasteiger partial charge in [-0.25, -0.2) is 0 Å². The van der Waals surface area contributed by atoms with Crippen molar-refractivity contribution in [1.29, 1.82) is 0 Å². The lowest BCUT2D eigenvalue weighted by molar-refractivity contribution is 0.0894. The molecule has 1 aromatic rings. The van der Waals surface area contributed by atoms with Crippen LogP contribution >= 0.6 is 23.2 Å². The van der Waals surface area contributed by atoms with Crippen LogP contribution in [0.1, 0.15) is 41.6 Å². The van der Waals surface area contributed by atoms with Crippen molar-refractivity contribution in [2.24, 2.45) is 11.8 Å². The standard InChI is InChI=1S/C15H16Cl2O2/c1-19-11-7-9-6-10(8-4-2-3-5-8)15(18)12(9)14(17)13(11)16/h7-8,10H,2-6H2,1H3/t10-/m1/s1. The lowest BCUT2D eigenvalue weighted by atomic mass is 9.88. The molecule has 0 heterocycles. The third-order valence-corrected chi connectivity index (χ3v) is 5.32. The maximum Gasteiger partial charge on any atom is 0.168 e. The van der Waals surface area contributed by atoms with Crippen LogP contribution in [0.25, 0.3) is 0 Å². The Kier molecular flexibility index (Phi) is 3.48. The lowest BCUT2D eigenvalue weighted by Gasteiger charge is -2.15. The first-order chi connectivity index (χ1) is 9.13. The van der Waals surface area contributed by atoms with Crippen LogP contribution in [0.4, 0.5) is 0 Å². The molecule has 2 aliphatic carbocycles. The summed E-state index contributed by atoms with van der Waals surface area (Å²) < 4.78 is 5.22. The average molecular weight is 299 g/mol. The lowest BCUT2D eigenvalue weighted by Crippen LogP contribution is -2.18. The third kappa shape index (κ3) is 2.05. The molecule has 0 bridgehead atoms. The first-order valence-electron chi connectivity index (χ1n) is 6.72. The van der Waals surface area contributed by atoms with Crippen molar-refractivity contribution < 1.29 is 9.53 Å². The second kappa shape index (κ2) is 4.99. The molecule has 1 saturated carbocycles. The van der Waals surface area contributed by atoms with E-state index in [0.717, 1.165) is 24.8 Å². The first kappa shape index (κ1) is 13.3. The van der Waals surface area contributed by atoms with Crippen LogP contribution in [0.2, 0.25) is 10.0 Å². The highest BCUT2D eigenvalue weighted by atomic mass is 35.5. The van der Waals surface area contributed by atoms with Gasteiger partial charge in [-0.2, -0.15) is 0 Å². The monoisotopic (exact) mass is 298 g/mol. The normalized spacial score (nSPS) is 22.9. The number of hydrogen-bond acceptors (Lipinski definition) is 2. The molecule has 0 spiro atoms. The summed E-state index contributed by atoms with van der Waals surface area (Å²) in [5, 5.41) is 0.713. The second-order valence-electron chi connectivity index (χ2n) is 5.46. The zero-order valence-electron chi connectivity index (χ0n) is 10.8. The molecule has 0 N–H and O–H groups in total. The van der Waals surface area contributed by atoms with Crippen LogP contribution < -0.4 is 4.74 Å². The van der Waals surface area contributed by atoms with Crippen molar-refractivity contribution in [3.05, 3.63) is 27.2 Å². The Morgan fingerprint density at radius 1 is 1.21 bits per heavy atom. The van der Waals surface area contributed by atoms with Gasteiger partial charge in [0.1, 0.15) is 10.8 Å². The molecule has 0 amide bonds. The van der Waals surface area contributed by atoms with Crippen molar-refractivity contribution in [1.82, 2.24) is 0 Å². The maximum atomic E-state index is 12.6. The Labute approximate surface area is 123 Å². The fraction of sp³-hybridized carbons (Fsp3) is 0.533. The molecule has 1 atom stereocenters. The summed E-state index contributed by atoms with van der Waals surface area (Å²) in [5.41, 5.74) is 1.62. The second-order valence-corrected chi connectivity index (χ2v) is 6.22. The van der Waals surface area contributed by atoms with Gasteiger partial charge in [0.15, 0.2) is 5.78 Å². The van der Waals surface area contributed by atoms with E-state index in [9.17, 15) is 4.79 Å². The van der Waals surface area contributed by atoms with Crippen molar-refractivity contribution in [3.8, 4) is 5.75 Å². The van der Waals surface area contributed by atoms with Crippen LogP contribution in [0.15, 0.2) is 6.07 Å². The summed E-state index contributed by atoms with van der Waals surface area (Å²) in [5.74, 6) is 1.35. The molecule has 19 heavy (non-hydrogen) atoms. The molecule has 4 heteroatoms. The smallest absolute Gasteiger partial charge is 0.168 e. The van der Waals surface area contributed by atoms with Gasteiger partial charge in [-0.3, -0.25) is 4.79 Å². The Bertz CT molecular complexity index is 533. The Morgan fingerprint density at radius 3 is 2.53 bits per heavy atom. The Hall–Kier alpha value is -0.730. The number of hydrogen-bond donors (Lipinski definition) is 0. The fourth-order valence-corrected chi connectivity index (χ4v) is 4.02. The number of fused-ring (bicyclic) bond motifs is 1. The minimum Gasteiger partial charge on any atom is -0.495 e. The number of rotatable bonds is 2. The zero-order chi connectivity index (χ0) is 13.6. The summed E-state index contributed by atoms with van der Waals surface area (Å²) in [6, 6.07) is 1.87. The molecule has 0 aromatic heterocycles. The highest BCUT2D eigenvalue weighted by molar-refractivity contribution is 6.45. The third-order valence-electron chi connectivity index (χ3n) is 4.47. The largest absolute Gasteiger partial charge is 0.495 e. The molecule has 102 valence electrons. The van der Waals surface area contributed by atoms with Crippen LogP contribution in [0, 0.1) is 11.8 Å². The van der Waals surface area contributed by atoms with Crippen molar-refractivity contribution in [3.63, 3.8) is 0 Å². The van der Waals surface area contributed by atoms with Gasteiger partial charge in [0, 0.05) is 11.5 Å². The van der Waals surface area contributed by atoms with E-state index in [0.29, 0.717) is 27.3 Å². The molecule has 0 saturated heterocycles. The topological polar surface area (TPSA) is 26.3 Å². The Morgan fingerprint density at radius 2 is 1.89 bits per heavy atom. The number of carbonyl (C=O) groups excluding carboxylic acids is 1. The van der Waals surface area contributed by atoms with Gasteiger partial charge in [-0.15, -0.1) is 0 Å². The van der Waals surface area contributed by atoms with Gasteiger partial charge in [0.25, 0.3) is 0 Å². The number of ketones is 1. The number of carbonyl (C=O) groups is 1. The van der Waals surface area contributed by atoms with Crippen LogP contribution in [0.3, 0.4) is 0 Å². The highest BCUT2D eigenvalue weighted by Crippen LogP contribution is 2.46. The van der Waals surface area contributed by atoms with Crippen molar-refractivity contribution >= 4 is 29.0 Å². The number of Topliss-reactive ketones (excluding diaryl/α,β-unsaturated/α-hetero) is 1. The fourth-order valence-electron chi connectivity index (χ4n) is 3.48. The van der Waals surface area contributed by atoms with Gasteiger partial charge in [-0.05, 0) is 36.8 Å². The van der Waals surface area contributed by atoms with E-state index in [1.165, 1.54) is 12.8 Å². The molecule has 0 aliphatic heterocycles. The maximum absolute atomic E-state index is 12.6. The molecule has 1 aromatic carbocycles. The van der Waals surface area contributed by atoms with Gasteiger partial charge in [0.2, 0.25) is 0 Å².